The van der Waals surface area contributed by atoms with Crippen LogP contribution in [0.1, 0.15) is 17.0 Å². The predicted octanol–water partition coefficient (Wildman–Crippen LogP) is 5.79. The van der Waals surface area contributed by atoms with Gasteiger partial charge in [-0.15, -0.1) is 5.10 Å². The molecule has 3 aromatic carbocycles. The SMILES string of the molecule is Cc1cc(OCc2nc(SCc3cccc4ccccc34)n[nH]2)ccc1Cl. The molecule has 27 heavy (non-hydrogen) atoms. The van der Waals surface area contributed by atoms with E-state index in [9.17, 15) is 0 Å². The summed E-state index contributed by atoms with van der Waals surface area (Å²) in [6, 6.07) is 20.4. The lowest BCUT2D eigenvalue weighted by Crippen LogP contribution is -1.98. The van der Waals surface area contributed by atoms with Gasteiger partial charge >= 0.3 is 0 Å². The number of benzene rings is 3. The van der Waals surface area contributed by atoms with E-state index in [-0.39, 0.29) is 0 Å². The van der Waals surface area contributed by atoms with Crippen LogP contribution < -0.4 is 4.74 Å². The summed E-state index contributed by atoms with van der Waals surface area (Å²) in [5, 5.41) is 11.2. The number of aromatic amines is 1. The Morgan fingerprint density at radius 3 is 2.81 bits per heavy atom. The highest BCUT2D eigenvalue weighted by molar-refractivity contribution is 7.98. The fourth-order valence-corrected chi connectivity index (χ4v) is 3.77. The van der Waals surface area contributed by atoms with Gasteiger partial charge in [-0.2, -0.15) is 0 Å². The Labute approximate surface area is 166 Å². The molecule has 1 N–H and O–H groups in total. The molecule has 0 bridgehead atoms. The molecular formula is C21H18ClN3OS. The molecule has 4 aromatic rings. The monoisotopic (exact) mass is 395 g/mol. The molecule has 0 amide bonds. The van der Waals surface area contributed by atoms with E-state index in [2.05, 4.69) is 57.6 Å². The Hall–Kier alpha value is -2.50. The van der Waals surface area contributed by atoms with Gasteiger partial charge in [-0.1, -0.05) is 65.8 Å². The maximum Gasteiger partial charge on any atom is 0.208 e. The van der Waals surface area contributed by atoms with Crippen molar-refractivity contribution in [3.05, 3.63) is 82.6 Å². The van der Waals surface area contributed by atoms with Crippen LogP contribution in [-0.2, 0) is 12.4 Å². The van der Waals surface area contributed by atoms with Gasteiger partial charge in [0.1, 0.15) is 12.4 Å². The molecule has 0 aliphatic carbocycles. The molecule has 1 aromatic heterocycles. The standard InChI is InChI=1S/C21H18ClN3OS/c1-14-11-17(9-10-19(14)22)26-12-20-23-21(25-24-20)27-13-16-7-4-6-15-5-2-3-8-18(15)16/h2-11H,12-13H2,1H3,(H,23,24,25). The Morgan fingerprint density at radius 2 is 1.93 bits per heavy atom. The van der Waals surface area contributed by atoms with E-state index in [0.29, 0.717) is 17.6 Å². The summed E-state index contributed by atoms with van der Waals surface area (Å²) in [6.07, 6.45) is 0. The number of aryl methyl sites for hydroxylation is 1. The van der Waals surface area contributed by atoms with E-state index in [1.807, 2.05) is 25.1 Å². The van der Waals surface area contributed by atoms with E-state index in [0.717, 1.165) is 22.1 Å². The Kier molecular flexibility index (Phi) is 5.32. The van der Waals surface area contributed by atoms with Crippen molar-refractivity contribution in [2.24, 2.45) is 0 Å². The number of fused-ring (bicyclic) bond motifs is 1. The molecule has 0 saturated carbocycles. The van der Waals surface area contributed by atoms with Gasteiger partial charge in [0.15, 0.2) is 5.82 Å². The number of nitrogens with one attached hydrogen (secondary N) is 1. The molecule has 0 fully saturated rings. The first-order valence-electron chi connectivity index (χ1n) is 8.59. The second-order valence-corrected chi connectivity index (χ2v) is 7.54. The topological polar surface area (TPSA) is 50.8 Å². The van der Waals surface area contributed by atoms with Crippen LogP contribution in [0.4, 0.5) is 0 Å². The molecule has 0 spiro atoms. The van der Waals surface area contributed by atoms with Gasteiger partial charge < -0.3 is 4.74 Å². The molecule has 136 valence electrons. The lowest BCUT2D eigenvalue weighted by molar-refractivity contribution is 0.296. The van der Waals surface area contributed by atoms with Gasteiger partial charge in [0, 0.05) is 10.8 Å². The fraction of sp³-hybridized carbons (Fsp3) is 0.143. The molecule has 6 heteroatoms. The summed E-state index contributed by atoms with van der Waals surface area (Å²) in [4.78, 5) is 4.51. The number of halogens is 1. The van der Waals surface area contributed by atoms with E-state index < -0.39 is 0 Å². The lowest BCUT2D eigenvalue weighted by atomic mass is 10.1. The van der Waals surface area contributed by atoms with Crippen molar-refractivity contribution < 1.29 is 4.74 Å². The van der Waals surface area contributed by atoms with Crippen molar-refractivity contribution in [2.45, 2.75) is 24.4 Å². The minimum absolute atomic E-state index is 0.336. The highest BCUT2D eigenvalue weighted by Gasteiger charge is 2.07. The largest absolute Gasteiger partial charge is 0.486 e. The van der Waals surface area contributed by atoms with Gasteiger partial charge in [-0.05, 0) is 47.0 Å². The van der Waals surface area contributed by atoms with Gasteiger partial charge in [0.2, 0.25) is 5.16 Å². The van der Waals surface area contributed by atoms with Crippen LogP contribution in [-0.4, -0.2) is 15.2 Å². The Balaban J connectivity index is 1.38. The van der Waals surface area contributed by atoms with Crippen LogP contribution in [0.5, 0.6) is 5.75 Å². The normalized spacial score (nSPS) is 11.0. The number of thioether (sulfide) groups is 1. The third-order valence-corrected chi connectivity index (χ3v) is 5.57. The van der Waals surface area contributed by atoms with Crippen LogP contribution in [0.15, 0.2) is 65.8 Å². The zero-order valence-corrected chi connectivity index (χ0v) is 16.3. The van der Waals surface area contributed by atoms with Crippen LogP contribution >= 0.6 is 23.4 Å². The quantitative estimate of drug-likeness (QED) is 0.420. The molecular weight excluding hydrogens is 378 g/mol. The average Bonchev–Trinajstić information content (AvgIpc) is 3.15. The smallest absolute Gasteiger partial charge is 0.208 e. The predicted molar refractivity (Wildman–Crippen MR) is 110 cm³/mol. The summed E-state index contributed by atoms with van der Waals surface area (Å²) in [5.74, 6) is 2.27. The minimum Gasteiger partial charge on any atom is -0.486 e. The van der Waals surface area contributed by atoms with Crippen molar-refractivity contribution in [3.8, 4) is 5.75 Å². The number of hydrogen-bond acceptors (Lipinski definition) is 4. The van der Waals surface area contributed by atoms with Crippen molar-refractivity contribution in [2.75, 3.05) is 0 Å². The molecule has 4 rings (SSSR count). The summed E-state index contributed by atoms with van der Waals surface area (Å²) in [5.41, 5.74) is 2.26. The van der Waals surface area contributed by atoms with Crippen LogP contribution in [0, 0.1) is 6.92 Å². The molecule has 1 heterocycles. The van der Waals surface area contributed by atoms with Gasteiger partial charge in [0.25, 0.3) is 0 Å². The molecule has 0 radical (unpaired) electrons. The first-order chi connectivity index (χ1) is 13.2. The molecule has 0 unspecified atom stereocenters. The summed E-state index contributed by atoms with van der Waals surface area (Å²) in [7, 11) is 0. The van der Waals surface area contributed by atoms with E-state index in [4.69, 9.17) is 16.3 Å². The average molecular weight is 396 g/mol. The number of aromatic nitrogens is 3. The first-order valence-corrected chi connectivity index (χ1v) is 9.95. The third-order valence-electron chi connectivity index (χ3n) is 4.25. The van der Waals surface area contributed by atoms with Crippen LogP contribution in [0.3, 0.4) is 0 Å². The van der Waals surface area contributed by atoms with Crippen molar-refractivity contribution >= 4 is 34.1 Å². The third kappa shape index (κ3) is 4.26. The number of nitrogens with zero attached hydrogens (tertiary/aromatic N) is 2. The number of ether oxygens (including phenoxy) is 1. The summed E-state index contributed by atoms with van der Waals surface area (Å²) in [6.45, 7) is 2.29. The lowest BCUT2D eigenvalue weighted by Gasteiger charge is -2.05. The number of H-pyrrole nitrogens is 1. The Bertz CT molecular complexity index is 1070. The zero-order valence-electron chi connectivity index (χ0n) is 14.8. The highest BCUT2D eigenvalue weighted by Crippen LogP contribution is 2.26. The van der Waals surface area contributed by atoms with E-state index in [1.54, 1.807) is 11.8 Å². The summed E-state index contributed by atoms with van der Waals surface area (Å²) < 4.78 is 5.76. The van der Waals surface area contributed by atoms with Crippen LogP contribution in [0.2, 0.25) is 5.02 Å². The molecule has 4 nitrogen and oxygen atoms in total. The van der Waals surface area contributed by atoms with Crippen molar-refractivity contribution in [3.63, 3.8) is 0 Å². The van der Waals surface area contributed by atoms with Gasteiger partial charge in [0.05, 0.1) is 0 Å². The zero-order chi connectivity index (χ0) is 18.6. The minimum atomic E-state index is 0.336. The fourth-order valence-electron chi connectivity index (χ4n) is 2.83. The van der Waals surface area contributed by atoms with Gasteiger partial charge in [-0.25, -0.2) is 4.98 Å². The van der Waals surface area contributed by atoms with E-state index in [1.165, 1.54) is 16.3 Å². The van der Waals surface area contributed by atoms with Gasteiger partial charge in [-0.3, -0.25) is 5.10 Å². The second kappa shape index (κ2) is 8.03. The molecule has 0 aliphatic rings. The second-order valence-electron chi connectivity index (χ2n) is 6.19. The highest BCUT2D eigenvalue weighted by atomic mass is 35.5. The molecule has 0 aliphatic heterocycles. The van der Waals surface area contributed by atoms with E-state index >= 15 is 0 Å². The summed E-state index contributed by atoms with van der Waals surface area (Å²) >= 11 is 7.64. The molecule has 0 saturated heterocycles. The van der Waals surface area contributed by atoms with Crippen LogP contribution in [0.25, 0.3) is 10.8 Å². The maximum absolute atomic E-state index is 6.04. The Morgan fingerprint density at radius 1 is 1.07 bits per heavy atom. The maximum atomic E-state index is 6.04. The van der Waals surface area contributed by atoms with Crippen molar-refractivity contribution in [1.82, 2.24) is 15.2 Å². The number of rotatable bonds is 6. The van der Waals surface area contributed by atoms with Crippen molar-refractivity contribution in [1.29, 1.82) is 0 Å². The first kappa shape index (κ1) is 17.9. The number of hydrogen-bond donors (Lipinski definition) is 1. The molecule has 0 atom stereocenters.